The molecule has 156 valence electrons. The number of carbonyl (C=O) groups is 1. The predicted octanol–water partition coefficient (Wildman–Crippen LogP) is 2.62. The van der Waals surface area contributed by atoms with Crippen molar-refractivity contribution in [2.45, 2.75) is 57.4 Å². The molecule has 2 saturated carbocycles. The second kappa shape index (κ2) is 7.59. The summed E-state index contributed by atoms with van der Waals surface area (Å²) in [5.74, 6) is 1.59. The summed E-state index contributed by atoms with van der Waals surface area (Å²) >= 11 is 0. The van der Waals surface area contributed by atoms with Gasteiger partial charge in [0.2, 0.25) is 5.91 Å². The molecule has 7 nitrogen and oxygen atoms in total. The summed E-state index contributed by atoms with van der Waals surface area (Å²) < 4.78 is 0. The number of carbonyl (C=O) groups excluding carboxylic acids is 1. The van der Waals surface area contributed by atoms with Crippen molar-refractivity contribution in [1.82, 2.24) is 20.3 Å². The first-order valence-electron chi connectivity index (χ1n) is 11.1. The molecule has 1 amide bonds. The van der Waals surface area contributed by atoms with Gasteiger partial charge in [-0.2, -0.15) is 0 Å². The number of aromatic nitrogens is 3. The number of H-pyrrole nitrogens is 1. The average Bonchev–Trinajstić information content (AvgIpc) is 3.34. The second-order valence-corrected chi connectivity index (χ2v) is 9.26. The number of nitrogens with one attached hydrogen (secondary N) is 2. The molecule has 29 heavy (non-hydrogen) atoms. The zero-order valence-electron chi connectivity index (χ0n) is 16.9. The summed E-state index contributed by atoms with van der Waals surface area (Å²) in [5, 5.41) is 14.2. The summed E-state index contributed by atoms with van der Waals surface area (Å²) in [5.41, 5.74) is 0.917. The third-order valence-electron chi connectivity index (χ3n) is 7.52. The van der Waals surface area contributed by atoms with Gasteiger partial charge in [-0.25, -0.2) is 9.97 Å². The van der Waals surface area contributed by atoms with Crippen molar-refractivity contribution < 1.29 is 9.90 Å². The topological polar surface area (TPSA) is 94.1 Å². The van der Waals surface area contributed by atoms with Crippen LogP contribution >= 0.6 is 0 Å². The van der Waals surface area contributed by atoms with Crippen LogP contribution in [0.1, 0.15) is 51.4 Å². The number of piperidine rings is 1. The number of fused-ring (bicyclic) bond motifs is 1. The number of aliphatic hydroxyl groups is 1. The van der Waals surface area contributed by atoms with Crippen LogP contribution in [0.5, 0.6) is 0 Å². The molecule has 2 aliphatic carbocycles. The molecule has 1 saturated heterocycles. The summed E-state index contributed by atoms with van der Waals surface area (Å²) in [4.78, 5) is 27.5. The van der Waals surface area contributed by atoms with Crippen LogP contribution in [0.4, 0.5) is 5.82 Å². The van der Waals surface area contributed by atoms with Gasteiger partial charge in [0, 0.05) is 25.2 Å². The molecule has 0 radical (unpaired) electrons. The van der Waals surface area contributed by atoms with E-state index in [4.69, 9.17) is 0 Å². The minimum atomic E-state index is -0.0852. The van der Waals surface area contributed by atoms with Crippen molar-refractivity contribution in [3.05, 3.63) is 18.6 Å². The monoisotopic (exact) mass is 397 g/mol. The molecule has 3 heterocycles. The van der Waals surface area contributed by atoms with Crippen LogP contribution in [0.25, 0.3) is 11.0 Å². The third-order valence-corrected chi connectivity index (χ3v) is 7.52. The zero-order chi connectivity index (χ0) is 19.8. The number of aliphatic hydroxyl groups excluding tert-OH is 1. The number of hydrogen-bond acceptors (Lipinski definition) is 5. The van der Waals surface area contributed by atoms with Gasteiger partial charge in [-0.15, -0.1) is 0 Å². The first kappa shape index (κ1) is 18.9. The Kier molecular flexibility index (Phi) is 4.94. The minimum absolute atomic E-state index is 0.0416. The van der Waals surface area contributed by atoms with Gasteiger partial charge in [0.15, 0.2) is 0 Å². The van der Waals surface area contributed by atoms with Crippen LogP contribution < -0.4 is 10.2 Å². The quantitative estimate of drug-likeness (QED) is 0.721. The molecule has 2 aromatic heterocycles. The van der Waals surface area contributed by atoms with E-state index in [1.807, 2.05) is 12.3 Å². The Balaban J connectivity index is 1.28. The average molecular weight is 398 g/mol. The lowest BCUT2D eigenvalue weighted by molar-refractivity contribution is -0.129. The molecule has 1 spiro atoms. The number of nitrogens with zero attached hydrogens (tertiary/aromatic N) is 3. The lowest BCUT2D eigenvalue weighted by Crippen LogP contribution is -2.52. The number of aromatic amines is 1. The van der Waals surface area contributed by atoms with Crippen LogP contribution in [0.3, 0.4) is 0 Å². The van der Waals surface area contributed by atoms with Gasteiger partial charge in [0.25, 0.3) is 0 Å². The summed E-state index contributed by atoms with van der Waals surface area (Å²) in [6.45, 7) is 1.74. The van der Waals surface area contributed by atoms with Crippen LogP contribution in [0, 0.1) is 17.3 Å². The molecular weight excluding hydrogens is 366 g/mol. The van der Waals surface area contributed by atoms with E-state index in [0.717, 1.165) is 62.0 Å². The van der Waals surface area contributed by atoms with Crippen LogP contribution in [-0.2, 0) is 4.79 Å². The Morgan fingerprint density at radius 3 is 2.86 bits per heavy atom. The van der Waals surface area contributed by atoms with Crippen molar-refractivity contribution in [3.63, 3.8) is 0 Å². The lowest BCUT2D eigenvalue weighted by Gasteiger charge is -2.40. The molecule has 2 atom stereocenters. The summed E-state index contributed by atoms with van der Waals surface area (Å²) in [7, 11) is 0. The van der Waals surface area contributed by atoms with E-state index in [1.54, 1.807) is 6.33 Å². The summed E-state index contributed by atoms with van der Waals surface area (Å²) in [6, 6.07) is 1.94. The van der Waals surface area contributed by atoms with Crippen molar-refractivity contribution in [1.29, 1.82) is 0 Å². The zero-order valence-corrected chi connectivity index (χ0v) is 16.9. The van der Waals surface area contributed by atoms with Crippen molar-refractivity contribution in [3.8, 4) is 0 Å². The number of amides is 1. The van der Waals surface area contributed by atoms with Crippen molar-refractivity contribution >= 4 is 22.8 Å². The second-order valence-electron chi connectivity index (χ2n) is 9.26. The summed E-state index contributed by atoms with van der Waals surface area (Å²) in [6.07, 6.45) is 12.5. The van der Waals surface area contributed by atoms with E-state index in [0.29, 0.717) is 5.92 Å². The van der Waals surface area contributed by atoms with Gasteiger partial charge in [0.05, 0.1) is 18.0 Å². The van der Waals surface area contributed by atoms with Crippen LogP contribution in [0.15, 0.2) is 18.6 Å². The van der Waals surface area contributed by atoms with Gasteiger partial charge in [-0.1, -0.05) is 19.3 Å². The van der Waals surface area contributed by atoms with Crippen LogP contribution in [-0.4, -0.2) is 51.7 Å². The highest BCUT2D eigenvalue weighted by Gasteiger charge is 2.55. The largest absolute Gasteiger partial charge is 0.394 e. The van der Waals surface area contributed by atoms with E-state index < -0.39 is 0 Å². The maximum atomic E-state index is 13.2. The number of hydrogen-bond donors (Lipinski definition) is 3. The lowest BCUT2D eigenvalue weighted by atomic mass is 9.80. The molecule has 3 fully saturated rings. The third kappa shape index (κ3) is 3.50. The fourth-order valence-electron chi connectivity index (χ4n) is 5.66. The Morgan fingerprint density at radius 2 is 2.10 bits per heavy atom. The van der Waals surface area contributed by atoms with Gasteiger partial charge in [-0.3, -0.25) is 4.79 Å². The fourth-order valence-corrected chi connectivity index (χ4v) is 5.66. The van der Waals surface area contributed by atoms with Gasteiger partial charge in [-0.05, 0) is 49.5 Å². The minimum Gasteiger partial charge on any atom is -0.394 e. The number of rotatable bonds is 5. The van der Waals surface area contributed by atoms with Gasteiger partial charge < -0.3 is 20.3 Å². The van der Waals surface area contributed by atoms with E-state index in [1.165, 1.54) is 19.3 Å². The fraction of sp³-hybridized carbons (Fsp3) is 0.682. The Morgan fingerprint density at radius 1 is 1.28 bits per heavy atom. The highest BCUT2D eigenvalue weighted by molar-refractivity contribution is 5.87. The van der Waals surface area contributed by atoms with Crippen molar-refractivity contribution in [2.24, 2.45) is 17.3 Å². The molecule has 1 aliphatic heterocycles. The maximum absolute atomic E-state index is 13.2. The molecule has 3 N–H and O–H groups in total. The Hall–Kier alpha value is -2.15. The van der Waals surface area contributed by atoms with Crippen molar-refractivity contribution in [2.75, 3.05) is 24.6 Å². The highest BCUT2D eigenvalue weighted by atomic mass is 16.3. The first-order valence-corrected chi connectivity index (χ1v) is 11.1. The Bertz CT molecular complexity index is 871. The van der Waals surface area contributed by atoms with E-state index in [-0.39, 0.29) is 29.9 Å². The molecule has 5 rings (SSSR count). The predicted molar refractivity (Wildman–Crippen MR) is 111 cm³/mol. The molecule has 0 aromatic carbocycles. The maximum Gasteiger partial charge on any atom is 0.224 e. The van der Waals surface area contributed by atoms with E-state index >= 15 is 0 Å². The Labute approximate surface area is 171 Å². The van der Waals surface area contributed by atoms with Gasteiger partial charge >= 0.3 is 0 Å². The van der Waals surface area contributed by atoms with Crippen LogP contribution in [0.2, 0.25) is 0 Å². The molecule has 0 bridgehead atoms. The molecule has 7 heteroatoms. The number of anilines is 1. The van der Waals surface area contributed by atoms with Gasteiger partial charge in [0.1, 0.15) is 17.8 Å². The standard InChI is InChI=1S/C22H31N5O2/c28-12-18(15-4-2-1-3-5-15)26-21(29)17-7-11-27(13-22(17)8-9-22)20-16-6-10-23-19(16)24-14-25-20/h6,10,14-15,17-18,28H,1-5,7-9,11-13H2,(H,26,29)(H,23,24,25)/t17?,18-/m0/s1. The molecule has 1 unspecified atom stereocenters. The normalized spacial score (nSPS) is 25.3. The SMILES string of the molecule is O=C(N[C@@H](CO)C1CCCCC1)C1CCN(c2ncnc3[nH]ccc23)CC12CC2. The van der Waals surface area contributed by atoms with E-state index in [9.17, 15) is 9.90 Å². The van der Waals surface area contributed by atoms with E-state index in [2.05, 4.69) is 25.2 Å². The molecule has 3 aliphatic rings. The molecule has 2 aromatic rings. The molecular formula is C22H31N5O2. The smallest absolute Gasteiger partial charge is 0.224 e. The highest BCUT2D eigenvalue weighted by Crippen LogP contribution is 2.56. The first-order chi connectivity index (χ1) is 14.2.